The number of nitrogens with zero attached hydrogens (tertiary/aromatic N) is 1. The first-order chi connectivity index (χ1) is 10.5. The smallest absolute Gasteiger partial charge is 0.224 e. The SMILES string of the molecule is CNCC(C)C(=O)NC(CC(C)C)c1nc2ccccc2[nH]1.Cl.Cl. The van der Waals surface area contributed by atoms with Crippen LogP contribution in [-0.2, 0) is 4.79 Å². The fourth-order valence-electron chi connectivity index (χ4n) is 2.56. The van der Waals surface area contributed by atoms with E-state index in [1.165, 1.54) is 0 Å². The van der Waals surface area contributed by atoms with Crippen molar-refractivity contribution in [3.8, 4) is 0 Å². The number of aromatic nitrogens is 2. The Kier molecular flexibility index (Phi) is 9.97. The fraction of sp³-hybridized carbons (Fsp3) is 0.529. The van der Waals surface area contributed by atoms with Gasteiger partial charge in [-0.15, -0.1) is 24.8 Å². The Morgan fingerprint density at radius 3 is 2.46 bits per heavy atom. The van der Waals surface area contributed by atoms with Crippen LogP contribution in [0.5, 0.6) is 0 Å². The molecule has 0 fully saturated rings. The molecule has 0 bridgehead atoms. The normalized spacial score (nSPS) is 13.0. The molecule has 24 heavy (non-hydrogen) atoms. The average Bonchev–Trinajstić information content (AvgIpc) is 2.90. The van der Waals surface area contributed by atoms with Crippen LogP contribution in [0.15, 0.2) is 24.3 Å². The van der Waals surface area contributed by atoms with E-state index in [0.717, 1.165) is 23.3 Å². The van der Waals surface area contributed by atoms with E-state index in [1.807, 2.05) is 38.2 Å². The van der Waals surface area contributed by atoms with Gasteiger partial charge in [0.1, 0.15) is 5.82 Å². The molecule has 2 atom stereocenters. The molecule has 0 saturated carbocycles. The molecule has 0 aliphatic carbocycles. The van der Waals surface area contributed by atoms with Crippen molar-refractivity contribution in [1.29, 1.82) is 0 Å². The lowest BCUT2D eigenvalue weighted by molar-refractivity contribution is -0.125. The van der Waals surface area contributed by atoms with Crippen molar-refractivity contribution in [1.82, 2.24) is 20.6 Å². The first kappa shape index (κ1) is 22.7. The highest BCUT2D eigenvalue weighted by Crippen LogP contribution is 2.22. The Morgan fingerprint density at radius 1 is 1.21 bits per heavy atom. The molecule has 0 aliphatic rings. The molecule has 1 amide bonds. The third-order valence-corrected chi connectivity index (χ3v) is 3.72. The maximum absolute atomic E-state index is 12.3. The third kappa shape index (κ3) is 5.96. The molecule has 1 heterocycles. The number of nitrogens with one attached hydrogen (secondary N) is 3. The molecule has 3 N–H and O–H groups in total. The van der Waals surface area contributed by atoms with Crippen molar-refractivity contribution < 1.29 is 4.79 Å². The Hall–Kier alpha value is -1.30. The molecule has 2 aromatic rings. The van der Waals surface area contributed by atoms with E-state index in [4.69, 9.17) is 0 Å². The average molecular weight is 375 g/mol. The summed E-state index contributed by atoms with van der Waals surface area (Å²) < 4.78 is 0. The minimum absolute atomic E-state index is 0. The summed E-state index contributed by atoms with van der Waals surface area (Å²) in [4.78, 5) is 20.3. The van der Waals surface area contributed by atoms with E-state index in [-0.39, 0.29) is 42.7 Å². The summed E-state index contributed by atoms with van der Waals surface area (Å²) >= 11 is 0. The number of hydrogen-bond acceptors (Lipinski definition) is 3. The fourth-order valence-corrected chi connectivity index (χ4v) is 2.56. The lowest BCUT2D eigenvalue weighted by Gasteiger charge is -2.21. The minimum Gasteiger partial charge on any atom is -0.346 e. The van der Waals surface area contributed by atoms with E-state index >= 15 is 0 Å². The van der Waals surface area contributed by atoms with Gasteiger partial charge < -0.3 is 15.6 Å². The predicted molar refractivity (Wildman–Crippen MR) is 104 cm³/mol. The number of H-pyrrole nitrogens is 1. The number of rotatable bonds is 7. The minimum atomic E-state index is -0.0841. The van der Waals surface area contributed by atoms with Crippen LogP contribution in [0.2, 0.25) is 0 Å². The van der Waals surface area contributed by atoms with Crippen LogP contribution in [-0.4, -0.2) is 29.5 Å². The van der Waals surface area contributed by atoms with Gasteiger partial charge in [0, 0.05) is 12.5 Å². The van der Waals surface area contributed by atoms with Gasteiger partial charge in [-0.2, -0.15) is 0 Å². The first-order valence-electron chi connectivity index (χ1n) is 7.91. The Morgan fingerprint density at radius 2 is 1.88 bits per heavy atom. The summed E-state index contributed by atoms with van der Waals surface area (Å²) in [5.74, 6) is 1.29. The molecule has 7 heteroatoms. The van der Waals surface area contributed by atoms with Crippen molar-refractivity contribution in [3.63, 3.8) is 0 Å². The van der Waals surface area contributed by atoms with Crippen molar-refractivity contribution in [2.75, 3.05) is 13.6 Å². The van der Waals surface area contributed by atoms with Crippen LogP contribution in [0.1, 0.15) is 39.1 Å². The molecule has 1 aromatic heterocycles. The number of imidazole rings is 1. The van der Waals surface area contributed by atoms with Crippen LogP contribution in [0.3, 0.4) is 0 Å². The number of fused-ring (bicyclic) bond motifs is 1. The van der Waals surface area contributed by atoms with Crippen molar-refractivity contribution in [2.45, 2.75) is 33.2 Å². The van der Waals surface area contributed by atoms with Gasteiger partial charge in [-0.3, -0.25) is 4.79 Å². The van der Waals surface area contributed by atoms with Gasteiger partial charge in [0.25, 0.3) is 0 Å². The quantitative estimate of drug-likeness (QED) is 0.694. The molecular formula is C17H28Cl2N4O. The Bertz CT molecular complexity index is 597. The van der Waals surface area contributed by atoms with Crippen LogP contribution in [0.25, 0.3) is 11.0 Å². The number of carbonyl (C=O) groups excluding carboxylic acids is 1. The number of halogens is 2. The highest BCUT2D eigenvalue weighted by atomic mass is 35.5. The maximum atomic E-state index is 12.3. The summed E-state index contributed by atoms with van der Waals surface area (Å²) in [6.45, 7) is 6.90. The molecule has 0 saturated heterocycles. The molecule has 5 nitrogen and oxygen atoms in total. The Balaban J connectivity index is 0.00000264. The van der Waals surface area contributed by atoms with Crippen molar-refractivity contribution >= 4 is 41.8 Å². The van der Waals surface area contributed by atoms with Gasteiger partial charge in [0.15, 0.2) is 0 Å². The van der Waals surface area contributed by atoms with E-state index in [0.29, 0.717) is 12.5 Å². The zero-order chi connectivity index (χ0) is 16.1. The van der Waals surface area contributed by atoms with Crippen LogP contribution in [0, 0.1) is 11.8 Å². The Labute approximate surface area is 156 Å². The number of amides is 1. The zero-order valence-corrected chi connectivity index (χ0v) is 16.3. The van der Waals surface area contributed by atoms with Gasteiger partial charge >= 0.3 is 0 Å². The van der Waals surface area contributed by atoms with Crippen LogP contribution in [0.4, 0.5) is 0 Å². The van der Waals surface area contributed by atoms with Crippen LogP contribution < -0.4 is 10.6 Å². The molecule has 1 aromatic carbocycles. The first-order valence-corrected chi connectivity index (χ1v) is 7.91. The molecule has 2 unspecified atom stereocenters. The van der Waals surface area contributed by atoms with Crippen LogP contribution >= 0.6 is 24.8 Å². The van der Waals surface area contributed by atoms with Crippen molar-refractivity contribution in [3.05, 3.63) is 30.1 Å². The highest BCUT2D eigenvalue weighted by Gasteiger charge is 2.22. The second-order valence-corrected chi connectivity index (χ2v) is 6.29. The number of carbonyl (C=O) groups is 1. The highest BCUT2D eigenvalue weighted by molar-refractivity contribution is 5.85. The topological polar surface area (TPSA) is 69.8 Å². The van der Waals surface area contributed by atoms with Gasteiger partial charge in [0.05, 0.1) is 17.1 Å². The number of aromatic amines is 1. The number of hydrogen-bond donors (Lipinski definition) is 3. The third-order valence-electron chi connectivity index (χ3n) is 3.72. The lowest BCUT2D eigenvalue weighted by atomic mass is 10.0. The second-order valence-electron chi connectivity index (χ2n) is 6.29. The van der Waals surface area contributed by atoms with E-state index < -0.39 is 0 Å². The lowest BCUT2D eigenvalue weighted by Crippen LogP contribution is -2.37. The van der Waals surface area contributed by atoms with Gasteiger partial charge in [-0.05, 0) is 31.5 Å². The summed E-state index contributed by atoms with van der Waals surface area (Å²) in [6, 6.07) is 7.85. The van der Waals surface area contributed by atoms with Gasteiger partial charge in [-0.25, -0.2) is 4.98 Å². The molecule has 0 aliphatic heterocycles. The molecule has 0 radical (unpaired) electrons. The van der Waals surface area contributed by atoms with E-state index in [9.17, 15) is 4.79 Å². The zero-order valence-electron chi connectivity index (χ0n) is 14.6. The van der Waals surface area contributed by atoms with Gasteiger partial charge in [-0.1, -0.05) is 32.9 Å². The molecule has 136 valence electrons. The molecule has 0 spiro atoms. The van der Waals surface area contributed by atoms with E-state index in [2.05, 4.69) is 34.4 Å². The molecule has 2 rings (SSSR count). The van der Waals surface area contributed by atoms with E-state index in [1.54, 1.807) is 0 Å². The monoisotopic (exact) mass is 374 g/mol. The number of benzene rings is 1. The molecular weight excluding hydrogens is 347 g/mol. The predicted octanol–water partition coefficient (Wildman–Crippen LogP) is 3.47. The largest absolute Gasteiger partial charge is 0.346 e. The summed E-state index contributed by atoms with van der Waals surface area (Å²) in [5, 5.41) is 6.18. The van der Waals surface area contributed by atoms with Gasteiger partial charge in [0.2, 0.25) is 5.91 Å². The standard InChI is InChI=1S/C17H26N4O.2ClH/c1-11(2)9-15(21-17(22)12(3)10-18-4)16-19-13-7-5-6-8-14(13)20-16;;/h5-8,11-12,15,18H,9-10H2,1-4H3,(H,19,20)(H,21,22);2*1H. The second kappa shape index (κ2) is 10.5. The maximum Gasteiger partial charge on any atom is 0.224 e. The number of para-hydroxylation sites is 2. The summed E-state index contributed by atoms with van der Waals surface area (Å²) in [6.07, 6.45) is 0.859. The summed E-state index contributed by atoms with van der Waals surface area (Å²) in [7, 11) is 1.86. The summed E-state index contributed by atoms with van der Waals surface area (Å²) in [5.41, 5.74) is 1.94. The van der Waals surface area contributed by atoms with Crippen molar-refractivity contribution in [2.24, 2.45) is 11.8 Å².